The molecule has 1 amide bonds. The number of fused-ring (bicyclic) bond motifs is 1. The molecule has 0 saturated carbocycles. The number of rotatable bonds is 4. The third-order valence-electron chi connectivity index (χ3n) is 4.06. The van der Waals surface area contributed by atoms with Gasteiger partial charge in [0.15, 0.2) is 10.7 Å². The van der Waals surface area contributed by atoms with Gasteiger partial charge in [-0.2, -0.15) is 0 Å². The van der Waals surface area contributed by atoms with Crippen molar-refractivity contribution in [3.63, 3.8) is 0 Å². The number of amides is 1. The van der Waals surface area contributed by atoms with E-state index in [0.29, 0.717) is 21.8 Å². The normalized spacial score (nSPS) is 10.9. The first-order valence-electron chi connectivity index (χ1n) is 8.09. The van der Waals surface area contributed by atoms with Gasteiger partial charge in [0.25, 0.3) is 5.91 Å². The quantitative estimate of drug-likeness (QED) is 0.560. The van der Waals surface area contributed by atoms with Crippen molar-refractivity contribution >= 4 is 33.5 Å². The number of methoxy groups -OCH3 is 1. The van der Waals surface area contributed by atoms with E-state index in [0.717, 1.165) is 21.9 Å². The van der Waals surface area contributed by atoms with Crippen molar-refractivity contribution in [2.45, 2.75) is 6.92 Å². The molecule has 2 N–H and O–H groups in total. The summed E-state index contributed by atoms with van der Waals surface area (Å²) < 4.78 is 10.1. The van der Waals surface area contributed by atoms with E-state index in [1.807, 2.05) is 31.2 Å². The van der Waals surface area contributed by atoms with Crippen molar-refractivity contribution in [2.75, 3.05) is 12.4 Å². The monoisotopic (exact) mass is 381 g/mol. The summed E-state index contributed by atoms with van der Waals surface area (Å²) in [6, 6.07) is 12.3. The maximum atomic E-state index is 12.5. The van der Waals surface area contributed by atoms with E-state index in [2.05, 4.69) is 15.3 Å². The summed E-state index contributed by atoms with van der Waals surface area (Å²) in [7, 11) is 1.62. The second-order valence-corrected chi connectivity index (χ2v) is 7.04. The first-order chi connectivity index (χ1) is 13.0. The topological polar surface area (TPSA) is 97.2 Å². The number of hydrogen-bond acceptors (Lipinski definition) is 6. The van der Waals surface area contributed by atoms with Crippen molar-refractivity contribution in [3.05, 3.63) is 63.5 Å². The molecular formula is C19H15N3O4S. The van der Waals surface area contributed by atoms with Crippen LogP contribution in [0.5, 0.6) is 5.75 Å². The van der Waals surface area contributed by atoms with Crippen LogP contribution in [0.3, 0.4) is 0 Å². The second kappa shape index (κ2) is 6.73. The van der Waals surface area contributed by atoms with Gasteiger partial charge < -0.3 is 9.15 Å². The van der Waals surface area contributed by atoms with E-state index in [4.69, 9.17) is 9.15 Å². The lowest BCUT2D eigenvalue weighted by atomic mass is 10.1. The molecule has 27 heavy (non-hydrogen) atoms. The highest BCUT2D eigenvalue weighted by molar-refractivity contribution is 7.16. The largest absolute Gasteiger partial charge is 0.497 e. The van der Waals surface area contributed by atoms with E-state index in [9.17, 15) is 9.59 Å². The SMILES string of the molecule is COc1ccc(-c2nc(NC(=O)c3ccc4oc(=O)[nH]c4c3)sc2C)cc1. The number of aromatic nitrogens is 2. The standard InChI is InChI=1S/C19H15N3O4S/c1-10-16(11-3-6-13(25-2)7-4-11)21-18(27-10)22-17(23)12-5-8-15-14(9-12)20-19(24)26-15/h3-9H,1-2H3,(H,20,24)(H,21,22,23). The van der Waals surface area contributed by atoms with Gasteiger partial charge in [-0.3, -0.25) is 15.1 Å². The van der Waals surface area contributed by atoms with Crippen molar-refractivity contribution in [1.29, 1.82) is 0 Å². The number of anilines is 1. The number of carbonyl (C=O) groups is 1. The van der Waals surface area contributed by atoms with Crippen LogP contribution in [0.4, 0.5) is 5.13 Å². The van der Waals surface area contributed by atoms with Gasteiger partial charge in [0, 0.05) is 16.0 Å². The molecule has 0 aliphatic rings. The van der Waals surface area contributed by atoms with Crippen LogP contribution in [0, 0.1) is 6.92 Å². The number of nitrogens with one attached hydrogen (secondary N) is 2. The third kappa shape index (κ3) is 3.34. The smallest absolute Gasteiger partial charge is 0.417 e. The molecule has 0 atom stereocenters. The summed E-state index contributed by atoms with van der Waals surface area (Å²) >= 11 is 1.40. The van der Waals surface area contributed by atoms with Crippen LogP contribution in [-0.4, -0.2) is 23.0 Å². The summed E-state index contributed by atoms with van der Waals surface area (Å²) in [6.07, 6.45) is 0. The fourth-order valence-electron chi connectivity index (χ4n) is 2.73. The molecule has 0 spiro atoms. The zero-order chi connectivity index (χ0) is 19.0. The predicted molar refractivity (Wildman–Crippen MR) is 104 cm³/mol. The molecule has 4 aromatic rings. The van der Waals surface area contributed by atoms with Gasteiger partial charge in [-0.1, -0.05) is 0 Å². The Balaban J connectivity index is 1.58. The molecule has 0 aliphatic carbocycles. The van der Waals surface area contributed by atoms with E-state index in [1.165, 1.54) is 11.3 Å². The molecular weight excluding hydrogens is 366 g/mol. The van der Waals surface area contributed by atoms with Crippen LogP contribution < -0.4 is 15.8 Å². The summed E-state index contributed by atoms with van der Waals surface area (Å²) in [5.74, 6) is -0.0935. The molecule has 0 fully saturated rings. The van der Waals surface area contributed by atoms with Crippen LogP contribution in [-0.2, 0) is 0 Å². The summed E-state index contributed by atoms with van der Waals surface area (Å²) in [4.78, 5) is 31.8. The van der Waals surface area contributed by atoms with Crippen molar-refractivity contribution < 1.29 is 13.9 Å². The van der Waals surface area contributed by atoms with Crippen molar-refractivity contribution in [2.24, 2.45) is 0 Å². The zero-order valence-corrected chi connectivity index (χ0v) is 15.3. The minimum Gasteiger partial charge on any atom is -0.497 e. The summed E-state index contributed by atoms with van der Waals surface area (Å²) in [5, 5.41) is 3.31. The Hall–Kier alpha value is -3.39. The maximum absolute atomic E-state index is 12.5. The van der Waals surface area contributed by atoms with E-state index >= 15 is 0 Å². The van der Waals surface area contributed by atoms with Gasteiger partial charge in [0.05, 0.1) is 18.3 Å². The Morgan fingerprint density at radius 3 is 2.74 bits per heavy atom. The van der Waals surface area contributed by atoms with Crippen LogP contribution >= 0.6 is 11.3 Å². The number of H-pyrrole nitrogens is 1. The average Bonchev–Trinajstić information content (AvgIpc) is 3.22. The average molecular weight is 381 g/mol. The molecule has 2 aromatic carbocycles. The number of thiazole rings is 1. The van der Waals surface area contributed by atoms with Gasteiger partial charge in [0.2, 0.25) is 0 Å². The fraction of sp³-hybridized carbons (Fsp3) is 0.105. The number of aromatic amines is 1. The molecule has 8 heteroatoms. The molecule has 2 heterocycles. The van der Waals surface area contributed by atoms with E-state index < -0.39 is 5.76 Å². The first kappa shape index (κ1) is 17.0. The van der Waals surface area contributed by atoms with Crippen LogP contribution in [0.15, 0.2) is 51.7 Å². The number of ether oxygens (including phenoxy) is 1. The van der Waals surface area contributed by atoms with E-state index in [1.54, 1.807) is 25.3 Å². The molecule has 7 nitrogen and oxygen atoms in total. The van der Waals surface area contributed by atoms with Gasteiger partial charge in [-0.25, -0.2) is 9.78 Å². The molecule has 0 radical (unpaired) electrons. The lowest BCUT2D eigenvalue weighted by Gasteiger charge is -2.02. The van der Waals surface area contributed by atoms with Crippen molar-refractivity contribution in [1.82, 2.24) is 9.97 Å². The zero-order valence-electron chi connectivity index (χ0n) is 14.5. The third-order valence-corrected chi connectivity index (χ3v) is 4.95. The van der Waals surface area contributed by atoms with Gasteiger partial charge in [0.1, 0.15) is 5.75 Å². The Kier molecular flexibility index (Phi) is 4.25. The highest BCUT2D eigenvalue weighted by Crippen LogP contribution is 2.31. The Morgan fingerprint density at radius 2 is 2.00 bits per heavy atom. The van der Waals surface area contributed by atoms with E-state index in [-0.39, 0.29) is 5.91 Å². The number of oxazole rings is 1. The number of nitrogens with zero attached hydrogens (tertiary/aromatic N) is 1. The Morgan fingerprint density at radius 1 is 1.22 bits per heavy atom. The minimum absolute atomic E-state index is 0.311. The maximum Gasteiger partial charge on any atom is 0.417 e. The second-order valence-electron chi connectivity index (χ2n) is 5.83. The van der Waals surface area contributed by atoms with Crippen molar-refractivity contribution in [3.8, 4) is 17.0 Å². The first-order valence-corrected chi connectivity index (χ1v) is 8.91. The van der Waals surface area contributed by atoms with Crippen LogP contribution in [0.2, 0.25) is 0 Å². The number of aryl methyl sites for hydroxylation is 1. The number of benzene rings is 2. The minimum atomic E-state index is -0.553. The predicted octanol–water partition coefficient (Wildman–Crippen LogP) is 3.81. The fourth-order valence-corrected chi connectivity index (χ4v) is 3.56. The van der Waals surface area contributed by atoms with Gasteiger partial charge in [-0.05, 0) is 49.4 Å². The molecule has 0 unspecified atom stereocenters. The number of carbonyl (C=O) groups excluding carboxylic acids is 1. The van der Waals surface area contributed by atoms with Gasteiger partial charge >= 0.3 is 5.76 Å². The van der Waals surface area contributed by atoms with Crippen LogP contribution in [0.1, 0.15) is 15.2 Å². The molecule has 0 saturated heterocycles. The Bertz CT molecular complexity index is 1190. The Labute approximate surface area is 157 Å². The highest BCUT2D eigenvalue weighted by Gasteiger charge is 2.14. The molecule has 4 rings (SSSR count). The van der Waals surface area contributed by atoms with Crippen LogP contribution in [0.25, 0.3) is 22.4 Å². The van der Waals surface area contributed by atoms with Gasteiger partial charge in [-0.15, -0.1) is 11.3 Å². The lowest BCUT2D eigenvalue weighted by molar-refractivity contribution is 0.102. The molecule has 0 aliphatic heterocycles. The summed E-state index contributed by atoms with van der Waals surface area (Å²) in [5.41, 5.74) is 3.04. The molecule has 2 aromatic heterocycles. The summed E-state index contributed by atoms with van der Waals surface area (Å²) in [6.45, 7) is 1.95. The molecule has 136 valence electrons. The lowest BCUT2D eigenvalue weighted by Crippen LogP contribution is -2.11. The number of hydrogen-bond donors (Lipinski definition) is 2. The molecule has 0 bridgehead atoms. The highest BCUT2D eigenvalue weighted by atomic mass is 32.1.